The molecular weight excluding hydrogens is 352 g/mol. The van der Waals surface area contributed by atoms with Gasteiger partial charge in [-0.15, -0.1) is 0 Å². The molecule has 1 saturated heterocycles. The number of ether oxygens (including phenoxy) is 1. The number of amides is 2. The predicted molar refractivity (Wildman–Crippen MR) is 95.2 cm³/mol. The Balaban J connectivity index is 1.67. The first-order chi connectivity index (χ1) is 12.8. The molecule has 9 nitrogen and oxygen atoms in total. The van der Waals surface area contributed by atoms with Crippen LogP contribution in [0.2, 0.25) is 0 Å². The highest BCUT2D eigenvalue weighted by Gasteiger charge is 2.42. The highest BCUT2D eigenvalue weighted by Crippen LogP contribution is 2.31. The van der Waals surface area contributed by atoms with E-state index in [0.29, 0.717) is 30.1 Å². The number of nitrogens with zero attached hydrogens (tertiary/aromatic N) is 3. The SMILES string of the molecule is COc1ccccc1-c1noc(C(C)NC(=O)N2CCC(C)(C(=O)O)C2)n1. The number of carboxylic acid groups (broad SMARTS) is 1. The van der Waals surface area contributed by atoms with Gasteiger partial charge < -0.3 is 24.6 Å². The molecule has 1 fully saturated rings. The van der Waals surface area contributed by atoms with Gasteiger partial charge in [0.05, 0.1) is 18.1 Å². The molecule has 2 atom stereocenters. The van der Waals surface area contributed by atoms with Crippen LogP contribution in [0.15, 0.2) is 28.8 Å². The van der Waals surface area contributed by atoms with Gasteiger partial charge in [-0.05, 0) is 32.4 Å². The van der Waals surface area contributed by atoms with E-state index in [1.165, 1.54) is 4.90 Å². The lowest BCUT2D eigenvalue weighted by molar-refractivity contribution is -0.147. The molecule has 144 valence electrons. The lowest BCUT2D eigenvalue weighted by atomic mass is 9.90. The van der Waals surface area contributed by atoms with Crippen LogP contribution < -0.4 is 10.1 Å². The fraction of sp³-hybridized carbons (Fsp3) is 0.444. The third kappa shape index (κ3) is 3.71. The van der Waals surface area contributed by atoms with Gasteiger partial charge in [-0.1, -0.05) is 17.3 Å². The highest BCUT2D eigenvalue weighted by molar-refractivity contribution is 5.79. The Morgan fingerprint density at radius 1 is 1.41 bits per heavy atom. The van der Waals surface area contributed by atoms with Crippen LogP contribution in [0.4, 0.5) is 4.79 Å². The van der Waals surface area contributed by atoms with Crippen LogP contribution in [0.1, 0.15) is 32.2 Å². The zero-order valence-electron chi connectivity index (χ0n) is 15.4. The van der Waals surface area contributed by atoms with Gasteiger partial charge in [0.25, 0.3) is 0 Å². The second-order valence-electron chi connectivity index (χ2n) is 6.87. The maximum atomic E-state index is 12.4. The van der Waals surface area contributed by atoms with Crippen LogP contribution in [-0.2, 0) is 4.79 Å². The lowest BCUT2D eigenvalue weighted by Crippen LogP contribution is -2.41. The number of likely N-dealkylation sites (tertiary alicyclic amines) is 1. The Labute approximate surface area is 156 Å². The molecule has 0 radical (unpaired) electrons. The van der Waals surface area contributed by atoms with Crippen LogP contribution in [0, 0.1) is 5.41 Å². The molecule has 2 amide bonds. The summed E-state index contributed by atoms with van der Waals surface area (Å²) < 4.78 is 10.6. The molecule has 0 saturated carbocycles. The molecule has 27 heavy (non-hydrogen) atoms. The van der Waals surface area contributed by atoms with E-state index in [-0.39, 0.29) is 18.5 Å². The molecule has 9 heteroatoms. The summed E-state index contributed by atoms with van der Waals surface area (Å²) in [6, 6.07) is 6.41. The van der Waals surface area contributed by atoms with Crippen molar-refractivity contribution in [3.8, 4) is 17.1 Å². The average molecular weight is 374 g/mol. The molecule has 0 spiro atoms. The van der Waals surface area contributed by atoms with Crippen molar-refractivity contribution >= 4 is 12.0 Å². The first kappa shape index (κ1) is 18.7. The van der Waals surface area contributed by atoms with Crippen molar-refractivity contribution in [2.24, 2.45) is 5.41 Å². The number of para-hydroxylation sites is 1. The van der Waals surface area contributed by atoms with Crippen molar-refractivity contribution in [3.05, 3.63) is 30.2 Å². The van der Waals surface area contributed by atoms with Crippen LogP contribution in [0.5, 0.6) is 5.75 Å². The Bertz CT molecular complexity index is 852. The summed E-state index contributed by atoms with van der Waals surface area (Å²) in [6.45, 7) is 3.92. The van der Waals surface area contributed by atoms with Crippen molar-refractivity contribution in [3.63, 3.8) is 0 Å². The second-order valence-corrected chi connectivity index (χ2v) is 6.87. The van der Waals surface area contributed by atoms with E-state index in [9.17, 15) is 14.7 Å². The first-order valence-electron chi connectivity index (χ1n) is 8.60. The maximum Gasteiger partial charge on any atom is 0.318 e. The Kier molecular flexibility index (Phi) is 5.02. The fourth-order valence-electron chi connectivity index (χ4n) is 3.00. The van der Waals surface area contributed by atoms with Gasteiger partial charge in [-0.2, -0.15) is 4.98 Å². The molecule has 3 rings (SSSR count). The minimum Gasteiger partial charge on any atom is -0.496 e. The van der Waals surface area contributed by atoms with Crippen LogP contribution >= 0.6 is 0 Å². The number of rotatable bonds is 5. The molecule has 2 aromatic rings. The van der Waals surface area contributed by atoms with Crippen LogP contribution in [0.25, 0.3) is 11.4 Å². The number of methoxy groups -OCH3 is 1. The highest BCUT2D eigenvalue weighted by atomic mass is 16.5. The molecule has 2 unspecified atom stereocenters. The number of aromatic nitrogens is 2. The fourth-order valence-corrected chi connectivity index (χ4v) is 3.00. The quantitative estimate of drug-likeness (QED) is 0.824. The van der Waals surface area contributed by atoms with Gasteiger partial charge >= 0.3 is 12.0 Å². The van der Waals surface area contributed by atoms with Crippen LogP contribution in [-0.4, -0.2) is 52.3 Å². The Morgan fingerprint density at radius 2 is 2.15 bits per heavy atom. The molecule has 1 aromatic heterocycles. The largest absolute Gasteiger partial charge is 0.496 e. The zero-order chi connectivity index (χ0) is 19.6. The van der Waals surface area contributed by atoms with E-state index in [0.717, 1.165) is 0 Å². The molecular formula is C18H22N4O5. The number of carbonyl (C=O) groups excluding carboxylic acids is 1. The van der Waals surface area contributed by atoms with Gasteiger partial charge in [0, 0.05) is 13.1 Å². The van der Waals surface area contributed by atoms with Crippen molar-refractivity contribution in [1.29, 1.82) is 0 Å². The second kappa shape index (κ2) is 7.26. The molecule has 1 aromatic carbocycles. The molecule has 0 aliphatic carbocycles. The van der Waals surface area contributed by atoms with E-state index in [4.69, 9.17) is 9.26 Å². The van der Waals surface area contributed by atoms with Crippen molar-refractivity contribution in [2.45, 2.75) is 26.3 Å². The van der Waals surface area contributed by atoms with Gasteiger partial charge in [0.1, 0.15) is 11.8 Å². The maximum absolute atomic E-state index is 12.4. The summed E-state index contributed by atoms with van der Waals surface area (Å²) in [5.41, 5.74) is -0.229. The summed E-state index contributed by atoms with van der Waals surface area (Å²) >= 11 is 0. The topological polar surface area (TPSA) is 118 Å². The number of urea groups is 1. The molecule has 0 bridgehead atoms. The van der Waals surface area contributed by atoms with Crippen LogP contribution in [0.3, 0.4) is 0 Å². The number of aliphatic carboxylic acids is 1. The lowest BCUT2D eigenvalue weighted by Gasteiger charge is -2.21. The van der Waals surface area contributed by atoms with E-state index in [1.54, 1.807) is 27.0 Å². The predicted octanol–water partition coefficient (Wildman–Crippen LogP) is 2.31. The summed E-state index contributed by atoms with van der Waals surface area (Å²) in [4.78, 5) is 29.6. The molecule has 1 aliphatic rings. The molecule has 2 N–H and O–H groups in total. The molecule has 2 heterocycles. The summed E-state index contributed by atoms with van der Waals surface area (Å²) in [5.74, 6) is 0.336. The van der Waals surface area contributed by atoms with Gasteiger partial charge in [0.15, 0.2) is 0 Å². The summed E-state index contributed by atoms with van der Waals surface area (Å²) in [7, 11) is 1.56. The van der Waals surface area contributed by atoms with E-state index in [1.807, 2.05) is 18.2 Å². The zero-order valence-corrected chi connectivity index (χ0v) is 15.4. The number of benzene rings is 1. The number of nitrogens with one attached hydrogen (secondary N) is 1. The van der Waals surface area contributed by atoms with E-state index in [2.05, 4.69) is 15.5 Å². The van der Waals surface area contributed by atoms with Gasteiger partial charge in [-0.3, -0.25) is 4.79 Å². The van der Waals surface area contributed by atoms with E-state index < -0.39 is 17.4 Å². The monoisotopic (exact) mass is 374 g/mol. The minimum absolute atomic E-state index is 0.164. The summed E-state index contributed by atoms with van der Waals surface area (Å²) in [6.07, 6.45) is 0.419. The average Bonchev–Trinajstić information content (AvgIpc) is 3.29. The Morgan fingerprint density at radius 3 is 2.81 bits per heavy atom. The summed E-state index contributed by atoms with van der Waals surface area (Å²) in [5, 5.41) is 16.0. The van der Waals surface area contributed by atoms with E-state index >= 15 is 0 Å². The third-order valence-corrected chi connectivity index (χ3v) is 4.78. The third-order valence-electron chi connectivity index (χ3n) is 4.78. The minimum atomic E-state index is -0.915. The van der Waals surface area contributed by atoms with Crippen molar-refractivity contribution in [1.82, 2.24) is 20.4 Å². The van der Waals surface area contributed by atoms with Gasteiger partial charge in [-0.25, -0.2) is 4.79 Å². The smallest absolute Gasteiger partial charge is 0.318 e. The number of hydrogen-bond donors (Lipinski definition) is 2. The number of carboxylic acids is 1. The van der Waals surface area contributed by atoms with Gasteiger partial charge in [0.2, 0.25) is 11.7 Å². The number of carbonyl (C=O) groups is 2. The molecule has 1 aliphatic heterocycles. The van der Waals surface area contributed by atoms with Crippen molar-refractivity contribution in [2.75, 3.05) is 20.2 Å². The standard InChI is InChI=1S/C18H22N4O5/c1-11(19-17(25)22-9-8-18(2,10-22)16(23)24)15-20-14(21-27-15)12-6-4-5-7-13(12)26-3/h4-7,11H,8-10H2,1-3H3,(H,19,25)(H,23,24). The Hall–Kier alpha value is -3.10. The van der Waals surface area contributed by atoms with Crippen molar-refractivity contribution < 1.29 is 24.0 Å². The first-order valence-corrected chi connectivity index (χ1v) is 8.60. The normalized spacial score (nSPS) is 20.3. The number of hydrogen-bond acceptors (Lipinski definition) is 6.